The van der Waals surface area contributed by atoms with Crippen LogP contribution < -0.4 is 5.32 Å². The molecule has 0 bridgehead atoms. The number of amides is 2. The molecule has 2 fully saturated rings. The van der Waals surface area contributed by atoms with Gasteiger partial charge >= 0.3 is 0 Å². The third-order valence-corrected chi connectivity index (χ3v) is 4.26. The van der Waals surface area contributed by atoms with Crippen molar-refractivity contribution in [1.82, 2.24) is 10.2 Å². The van der Waals surface area contributed by atoms with E-state index in [1.54, 1.807) is 17.9 Å². The van der Waals surface area contributed by atoms with E-state index < -0.39 is 0 Å². The number of carbonyl (C=O) groups is 2. The summed E-state index contributed by atoms with van der Waals surface area (Å²) < 4.78 is 5.45. The summed E-state index contributed by atoms with van der Waals surface area (Å²) in [7, 11) is 0. The molecule has 1 N–H and O–H groups in total. The van der Waals surface area contributed by atoms with Crippen LogP contribution in [0.5, 0.6) is 0 Å². The number of nitrogens with zero attached hydrogens (tertiary/aromatic N) is 1. The Balaban J connectivity index is 1.78. The number of carbonyl (C=O) groups excluding carboxylic acids is 2. The molecule has 0 spiro atoms. The summed E-state index contributed by atoms with van der Waals surface area (Å²) in [4.78, 5) is 26.8. The van der Waals surface area contributed by atoms with Crippen molar-refractivity contribution in [2.24, 2.45) is 0 Å². The van der Waals surface area contributed by atoms with E-state index in [0.717, 1.165) is 37.9 Å². The number of nitrogens with one attached hydrogen (secondary N) is 1. The lowest BCUT2D eigenvalue weighted by Crippen LogP contribution is -2.52. The fourth-order valence-electron chi connectivity index (χ4n) is 2.97. The van der Waals surface area contributed by atoms with E-state index in [2.05, 4.69) is 5.32 Å². The second-order valence-electron chi connectivity index (χ2n) is 6.12. The van der Waals surface area contributed by atoms with Crippen LogP contribution in [0.15, 0.2) is 10.5 Å². The number of aryl methyl sites for hydroxylation is 2. The van der Waals surface area contributed by atoms with E-state index in [4.69, 9.17) is 4.42 Å². The molecule has 1 unspecified atom stereocenters. The lowest BCUT2D eigenvalue weighted by Gasteiger charge is -2.34. The molecule has 0 aromatic carbocycles. The number of likely N-dealkylation sites (tertiary alicyclic amines) is 1. The molecular weight excluding hydrogens is 268 g/mol. The van der Waals surface area contributed by atoms with Crippen LogP contribution in [0.25, 0.3) is 0 Å². The first kappa shape index (κ1) is 14.2. The van der Waals surface area contributed by atoms with Gasteiger partial charge in [-0.3, -0.25) is 9.59 Å². The highest BCUT2D eigenvalue weighted by molar-refractivity contribution is 5.98. The largest absolute Gasteiger partial charge is 0.466 e. The summed E-state index contributed by atoms with van der Waals surface area (Å²) in [5.74, 6) is 1.28. The van der Waals surface area contributed by atoms with Crippen LogP contribution in [-0.2, 0) is 4.79 Å². The van der Waals surface area contributed by atoms with E-state index in [-0.39, 0.29) is 17.9 Å². The number of furan rings is 1. The molecule has 1 aromatic rings. The summed E-state index contributed by atoms with van der Waals surface area (Å²) in [6.07, 6.45) is 4.82. The predicted octanol–water partition coefficient (Wildman–Crippen LogP) is 2.17. The Morgan fingerprint density at radius 2 is 2.00 bits per heavy atom. The van der Waals surface area contributed by atoms with Crippen molar-refractivity contribution in [2.45, 2.75) is 58.0 Å². The molecular formula is C16H22N2O3. The SMILES string of the molecule is Cc1cc(C(=O)N2CCCCC2C(=O)NC2CC2)c(C)o1. The van der Waals surface area contributed by atoms with Crippen LogP contribution in [0.2, 0.25) is 0 Å². The third-order valence-electron chi connectivity index (χ3n) is 4.26. The van der Waals surface area contributed by atoms with Gasteiger partial charge in [0.05, 0.1) is 5.56 Å². The van der Waals surface area contributed by atoms with Gasteiger partial charge in [-0.05, 0) is 52.0 Å². The van der Waals surface area contributed by atoms with Crippen molar-refractivity contribution in [1.29, 1.82) is 0 Å². The van der Waals surface area contributed by atoms with Gasteiger partial charge in [-0.2, -0.15) is 0 Å². The average molecular weight is 290 g/mol. The van der Waals surface area contributed by atoms with Crippen molar-refractivity contribution in [3.63, 3.8) is 0 Å². The Kier molecular flexibility index (Phi) is 3.74. The van der Waals surface area contributed by atoms with Crippen molar-refractivity contribution in [3.8, 4) is 0 Å². The maximum Gasteiger partial charge on any atom is 0.258 e. The van der Waals surface area contributed by atoms with E-state index in [1.807, 2.05) is 6.92 Å². The molecule has 21 heavy (non-hydrogen) atoms. The van der Waals surface area contributed by atoms with Crippen molar-refractivity contribution in [2.75, 3.05) is 6.54 Å². The number of piperidine rings is 1. The molecule has 2 amide bonds. The Morgan fingerprint density at radius 3 is 2.62 bits per heavy atom. The maximum atomic E-state index is 12.7. The van der Waals surface area contributed by atoms with Gasteiger partial charge in [-0.25, -0.2) is 0 Å². The lowest BCUT2D eigenvalue weighted by molar-refractivity contribution is -0.126. The summed E-state index contributed by atoms with van der Waals surface area (Å²) in [6, 6.07) is 1.76. The molecule has 5 nitrogen and oxygen atoms in total. The van der Waals surface area contributed by atoms with E-state index in [9.17, 15) is 9.59 Å². The summed E-state index contributed by atoms with van der Waals surface area (Å²) in [5, 5.41) is 3.02. The number of rotatable bonds is 3. The first-order valence-electron chi connectivity index (χ1n) is 7.74. The molecule has 5 heteroatoms. The molecule has 1 aliphatic heterocycles. The van der Waals surface area contributed by atoms with Crippen LogP contribution in [-0.4, -0.2) is 35.3 Å². The highest BCUT2D eigenvalue weighted by Crippen LogP contribution is 2.25. The summed E-state index contributed by atoms with van der Waals surface area (Å²) in [5.41, 5.74) is 0.582. The first-order valence-corrected chi connectivity index (χ1v) is 7.74. The van der Waals surface area contributed by atoms with Crippen molar-refractivity contribution in [3.05, 3.63) is 23.2 Å². The molecule has 2 aliphatic rings. The van der Waals surface area contributed by atoms with Crippen molar-refractivity contribution < 1.29 is 14.0 Å². The van der Waals surface area contributed by atoms with Crippen LogP contribution >= 0.6 is 0 Å². The molecule has 2 heterocycles. The number of hydrogen-bond acceptors (Lipinski definition) is 3. The fraction of sp³-hybridized carbons (Fsp3) is 0.625. The minimum atomic E-state index is -0.332. The third kappa shape index (κ3) is 2.96. The predicted molar refractivity (Wildman–Crippen MR) is 78.0 cm³/mol. The van der Waals surface area contributed by atoms with Gasteiger partial charge in [-0.1, -0.05) is 0 Å². The molecule has 114 valence electrons. The van der Waals surface area contributed by atoms with E-state index in [0.29, 0.717) is 23.9 Å². The molecule has 1 saturated heterocycles. The van der Waals surface area contributed by atoms with Crippen LogP contribution in [0.4, 0.5) is 0 Å². The summed E-state index contributed by atoms with van der Waals surface area (Å²) >= 11 is 0. The van der Waals surface area contributed by atoms with Gasteiger partial charge in [0.25, 0.3) is 5.91 Å². The van der Waals surface area contributed by atoms with Gasteiger partial charge in [0.2, 0.25) is 5.91 Å². The maximum absolute atomic E-state index is 12.7. The van der Waals surface area contributed by atoms with Crippen LogP contribution in [0, 0.1) is 13.8 Å². The Labute approximate surface area is 124 Å². The molecule has 0 radical (unpaired) electrons. The van der Waals surface area contributed by atoms with E-state index in [1.165, 1.54) is 0 Å². The Bertz CT molecular complexity index is 560. The van der Waals surface area contributed by atoms with Gasteiger partial charge in [0, 0.05) is 12.6 Å². The fourth-order valence-corrected chi connectivity index (χ4v) is 2.97. The highest BCUT2D eigenvalue weighted by Gasteiger charge is 2.36. The minimum Gasteiger partial charge on any atom is -0.466 e. The average Bonchev–Trinajstić information content (AvgIpc) is 3.21. The monoisotopic (exact) mass is 290 g/mol. The quantitative estimate of drug-likeness (QED) is 0.928. The standard InChI is InChI=1S/C16H22N2O3/c1-10-9-13(11(2)21-10)16(20)18-8-4-3-5-14(18)15(19)17-12-6-7-12/h9,12,14H,3-8H2,1-2H3,(H,17,19). The number of hydrogen-bond donors (Lipinski definition) is 1. The topological polar surface area (TPSA) is 62.6 Å². The smallest absolute Gasteiger partial charge is 0.258 e. The van der Waals surface area contributed by atoms with Crippen molar-refractivity contribution >= 4 is 11.8 Å². The molecule has 1 aromatic heterocycles. The van der Waals surface area contributed by atoms with Crippen LogP contribution in [0.1, 0.15) is 54.0 Å². The summed E-state index contributed by atoms with van der Waals surface area (Å²) in [6.45, 7) is 4.27. The normalized spacial score (nSPS) is 22.2. The Hall–Kier alpha value is -1.78. The molecule has 1 atom stereocenters. The zero-order chi connectivity index (χ0) is 15.0. The zero-order valence-corrected chi connectivity index (χ0v) is 12.6. The van der Waals surface area contributed by atoms with Gasteiger partial charge in [-0.15, -0.1) is 0 Å². The minimum absolute atomic E-state index is 0.00317. The molecule has 3 rings (SSSR count). The molecule has 1 saturated carbocycles. The van der Waals surface area contributed by atoms with Crippen LogP contribution in [0.3, 0.4) is 0 Å². The second kappa shape index (κ2) is 5.54. The Morgan fingerprint density at radius 1 is 1.24 bits per heavy atom. The van der Waals surface area contributed by atoms with Gasteiger partial charge < -0.3 is 14.6 Å². The van der Waals surface area contributed by atoms with Gasteiger partial charge in [0.1, 0.15) is 17.6 Å². The second-order valence-corrected chi connectivity index (χ2v) is 6.12. The zero-order valence-electron chi connectivity index (χ0n) is 12.6. The van der Waals surface area contributed by atoms with E-state index >= 15 is 0 Å². The lowest BCUT2D eigenvalue weighted by atomic mass is 10.00. The highest BCUT2D eigenvalue weighted by atomic mass is 16.3. The first-order chi connectivity index (χ1) is 10.1. The van der Waals surface area contributed by atoms with Gasteiger partial charge in [0.15, 0.2) is 0 Å². The molecule has 1 aliphatic carbocycles.